The first-order valence-corrected chi connectivity index (χ1v) is 9.65. The van der Waals surface area contributed by atoms with Crippen LogP contribution in [-0.4, -0.2) is 44.7 Å². The van der Waals surface area contributed by atoms with Crippen LogP contribution in [0, 0.1) is 0 Å². The van der Waals surface area contributed by atoms with Crippen molar-refractivity contribution >= 4 is 29.9 Å². The van der Waals surface area contributed by atoms with E-state index in [0.717, 1.165) is 42.7 Å². The lowest BCUT2D eigenvalue weighted by atomic mass is 10.1. The van der Waals surface area contributed by atoms with E-state index in [-0.39, 0.29) is 30.0 Å². The Balaban J connectivity index is 0.00000280. The van der Waals surface area contributed by atoms with E-state index in [0.29, 0.717) is 6.54 Å². The van der Waals surface area contributed by atoms with E-state index in [9.17, 15) is 0 Å². The van der Waals surface area contributed by atoms with Crippen molar-refractivity contribution in [2.75, 3.05) is 33.8 Å². The van der Waals surface area contributed by atoms with Crippen LogP contribution < -0.4 is 15.4 Å². The van der Waals surface area contributed by atoms with Gasteiger partial charge in [-0.3, -0.25) is 9.89 Å². The van der Waals surface area contributed by atoms with Crippen LogP contribution in [0.5, 0.6) is 5.75 Å². The maximum atomic E-state index is 5.72. The molecule has 1 aliphatic heterocycles. The fraction of sp³-hybridized carbons (Fsp3) is 0.476. The van der Waals surface area contributed by atoms with E-state index in [1.54, 1.807) is 20.4 Å². The Morgan fingerprint density at radius 1 is 1.14 bits per heavy atom. The number of rotatable bonds is 7. The third kappa shape index (κ3) is 6.13. The van der Waals surface area contributed by atoms with Gasteiger partial charge in [0.25, 0.3) is 0 Å². The zero-order valence-corrected chi connectivity index (χ0v) is 19.0. The van der Waals surface area contributed by atoms with Crippen LogP contribution in [0.15, 0.2) is 52.1 Å². The predicted molar refractivity (Wildman–Crippen MR) is 123 cm³/mol. The molecule has 1 aromatic carbocycles. The Morgan fingerprint density at radius 3 is 2.61 bits per heavy atom. The van der Waals surface area contributed by atoms with Crippen LogP contribution in [0.4, 0.5) is 0 Å². The lowest BCUT2D eigenvalue weighted by Crippen LogP contribution is -2.44. The minimum absolute atomic E-state index is 0. The average molecular weight is 498 g/mol. The van der Waals surface area contributed by atoms with Gasteiger partial charge in [-0.05, 0) is 44.1 Å². The van der Waals surface area contributed by atoms with Gasteiger partial charge in [-0.1, -0.05) is 24.6 Å². The van der Waals surface area contributed by atoms with Crippen molar-refractivity contribution in [1.82, 2.24) is 15.5 Å². The molecule has 2 heterocycles. The molecule has 0 radical (unpaired) electrons. The second kappa shape index (κ2) is 12.0. The predicted octanol–water partition coefficient (Wildman–Crippen LogP) is 3.80. The van der Waals surface area contributed by atoms with Crippen LogP contribution in [0.2, 0.25) is 0 Å². The maximum absolute atomic E-state index is 5.72. The van der Waals surface area contributed by atoms with Crippen LogP contribution in [0.1, 0.15) is 36.6 Å². The van der Waals surface area contributed by atoms with Crippen molar-refractivity contribution in [3.8, 4) is 5.75 Å². The number of benzene rings is 1. The highest BCUT2D eigenvalue weighted by molar-refractivity contribution is 14.0. The van der Waals surface area contributed by atoms with Gasteiger partial charge in [0, 0.05) is 25.7 Å². The molecule has 0 amide bonds. The molecule has 0 bridgehead atoms. The zero-order valence-electron chi connectivity index (χ0n) is 16.7. The maximum Gasteiger partial charge on any atom is 0.191 e. The first-order valence-electron chi connectivity index (χ1n) is 9.65. The number of guanidine groups is 1. The Labute approximate surface area is 184 Å². The highest BCUT2D eigenvalue weighted by atomic mass is 127. The molecule has 1 aliphatic rings. The number of methoxy groups -OCH3 is 1. The molecule has 0 saturated carbocycles. The van der Waals surface area contributed by atoms with E-state index >= 15 is 0 Å². The van der Waals surface area contributed by atoms with Crippen molar-refractivity contribution in [2.45, 2.75) is 31.8 Å². The zero-order chi connectivity index (χ0) is 18.9. The summed E-state index contributed by atoms with van der Waals surface area (Å²) in [6.45, 7) is 3.62. The average Bonchev–Trinajstić information content (AvgIpc) is 3.26. The molecule has 6 nitrogen and oxygen atoms in total. The molecule has 0 spiro atoms. The Kier molecular flexibility index (Phi) is 9.63. The molecule has 2 N–H and O–H groups in total. The molecular weight excluding hydrogens is 467 g/mol. The standard InChI is InChI=1S/C21H30N4O2.HI/c1-22-21(23-15-17-9-4-5-10-19(17)26-2)24-16-18(20-11-8-14-27-20)25-12-6-3-7-13-25;/h4-5,8-11,14,18H,3,6-7,12-13,15-16H2,1-2H3,(H2,22,23,24);1H. The Bertz CT molecular complexity index is 715. The van der Waals surface area contributed by atoms with Crippen molar-refractivity contribution < 1.29 is 9.15 Å². The van der Waals surface area contributed by atoms with Crippen LogP contribution in [-0.2, 0) is 6.54 Å². The highest BCUT2D eigenvalue weighted by Gasteiger charge is 2.24. The van der Waals surface area contributed by atoms with E-state index in [1.165, 1.54) is 19.3 Å². The summed E-state index contributed by atoms with van der Waals surface area (Å²) in [5.41, 5.74) is 1.10. The van der Waals surface area contributed by atoms with Crippen molar-refractivity contribution in [3.63, 3.8) is 0 Å². The van der Waals surface area contributed by atoms with Gasteiger partial charge in [-0.15, -0.1) is 24.0 Å². The van der Waals surface area contributed by atoms with Gasteiger partial charge in [-0.25, -0.2) is 0 Å². The third-order valence-electron chi connectivity index (χ3n) is 5.03. The molecular formula is C21H31IN4O2. The molecule has 2 aromatic rings. The van der Waals surface area contributed by atoms with Gasteiger partial charge in [0.2, 0.25) is 0 Å². The number of likely N-dealkylation sites (tertiary alicyclic amines) is 1. The number of hydrogen-bond donors (Lipinski definition) is 2. The first kappa shape index (κ1) is 22.5. The number of piperidine rings is 1. The summed E-state index contributed by atoms with van der Waals surface area (Å²) in [5.74, 6) is 2.65. The fourth-order valence-electron chi connectivity index (χ4n) is 3.56. The molecule has 1 atom stereocenters. The minimum atomic E-state index is 0. The van der Waals surface area contributed by atoms with Crippen molar-refractivity contribution in [1.29, 1.82) is 0 Å². The molecule has 154 valence electrons. The van der Waals surface area contributed by atoms with Gasteiger partial charge in [0.15, 0.2) is 5.96 Å². The lowest BCUT2D eigenvalue weighted by Gasteiger charge is -2.33. The number of nitrogens with one attached hydrogen (secondary N) is 2. The molecule has 3 rings (SSSR count). The summed E-state index contributed by atoms with van der Waals surface area (Å²) in [5, 5.41) is 6.83. The summed E-state index contributed by atoms with van der Waals surface area (Å²) in [6, 6.07) is 12.2. The second-order valence-electron chi connectivity index (χ2n) is 6.75. The van der Waals surface area contributed by atoms with Crippen LogP contribution >= 0.6 is 24.0 Å². The van der Waals surface area contributed by atoms with E-state index < -0.39 is 0 Å². The molecule has 0 aliphatic carbocycles. The molecule has 28 heavy (non-hydrogen) atoms. The summed E-state index contributed by atoms with van der Waals surface area (Å²) in [6.07, 6.45) is 5.56. The molecule has 1 fully saturated rings. The fourth-order valence-corrected chi connectivity index (χ4v) is 3.56. The number of nitrogens with zero attached hydrogens (tertiary/aromatic N) is 2. The number of para-hydroxylation sites is 1. The van der Waals surface area contributed by atoms with E-state index in [4.69, 9.17) is 9.15 Å². The van der Waals surface area contributed by atoms with Crippen molar-refractivity contribution in [2.24, 2.45) is 4.99 Å². The topological polar surface area (TPSA) is 62.0 Å². The van der Waals surface area contributed by atoms with Gasteiger partial charge in [0.05, 0.1) is 19.4 Å². The summed E-state index contributed by atoms with van der Waals surface area (Å²) in [4.78, 5) is 6.86. The number of ether oxygens (including phenoxy) is 1. The summed E-state index contributed by atoms with van der Waals surface area (Å²) >= 11 is 0. The normalized spacial score (nSPS) is 16.1. The Morgan fingerprint density at radius 2 is 1.93 bits per heavy atom. The minimum Gasteiger partial charge on any atom is -0.496 e. The number of halogens is 1. The summed E-state index contributed by atoms with van der Waals surface area (Å²) < 4.78 is 11.1. The molecule has 7 heteroatoms. The van der Waals surface area contributed by atoms with E-state index in [1.807, 2.05) is 24.3 Å². The van der Waals surface area contributed by atoms with E-state index in [2.05, 4.69) is 32.7 Å². The third-order valence-corrected chi connectivity index (χ3v) is 5.03. The monoisotopic (exact) mass is 498 g/mol. The quantitative estimate of drug-likeness (QED) is 0.346. The SMILES string of the molecule is CN=C(NCc1ccccc1OC)NCC(c1ccco1)N1CCCCC1.I. The molecule has 1 aromatic heterocycles. The summed E-state index contributed by atoms with van der Waals surface area (Å²) in [7, 11) is 3.48. The number of furan rings is 1. The van der Waals surface area contributed by atoms with Gasteiger partial charge < -0.3 is 19.8 Å². The smallest absolute Gasteiger partial charge is 0.191 e. The molecule has 1 unspecified atom stereocenters. The Hall–Kier alpha value is -1.74. The highest BCUT2D eigenvalue weighted by Crippen LogP contribution is 2.24. The second-order valence-corrected chi connectivity index (χ2v) is 6.75. The first-order chi connectivity index (χ1) is 13.3. The largest absolute Gasteiger partial charge is 0.496 e. The number of aliphatic imine (C=N–C) groups is 1. The van der Waals surface area contributed by atoms with Gasteiger partial charge in [0.1, 0.15) is 11.5 Å². The van der Waals surface area contributed by atoms with Crippen LogP contribution in [0.3, 0.4) is 0 Å². The van der Waals surface area contributed by atoms with Gasteiger partial charge >= 0.3 is 0 Å². The van der Waals surface area contributed by atoms with Crippen LogP contribution in [0.25, 0.3) is 0 Å². The lowest BCUT2D eigenvalue weighted by molar-refractivity contribution is 0.146. The van der Waals surface area contributed by atoms with Gasteiger partial charge in [-0.2, -0.15) is 0 Å². The van der Waals surface area contributed by atoms with Crippen molar-refractivity contribution in [3.05, 3.63) is 54.0 Å². The molecule has 1 saturated heterocycles. The number of hydrogen-bond acceptors (Lipinski definition) is 4.